The van der Waals surface area contributed by atoms with Gasteiger partial charge >= 0.3 is 5.97 Å². The summed E-state index contributed by atoms with van der Waals surface area (Å²) in [6.07, 6.45) is 5.51. The lowest BCUT2D eigenvalue weighted by atomic mass is 10.0. The lowest BCUT2D eigenvalue weighted by Gasteiger charge is -2.08. The Bertz CT molecular complexity index is 399. The first-order valence-corrected chi connectivity index (χ1v) is 5.41. The molecule has 1 aromatic rings. The first kappa shape index (κ1) is 10.1. The van der Waals surface area contributed by atoms with Crippen LogP contribution in [-0.4, -0.2) is 16.1 Å². The van der Waals surface area contributed by atoms with Gasteiger partial charge in [-0.15, -0.1) is 0 Å². The molecular formula is C12H15NO2. The van der Waals surface area contributed by atoms with Crippen molar-refractivity contribution in [2.45, 2.75) is 39.0 Å². The molecule has 3 nitrogen and oxygen atoms in total. The summed E-state index contributed by atoms with van der Waals surface area (Å²) < 4.78 is 0. The van der Waals surface area contributed by atoms with Crippen LogP contribution in [0.3, 0.4) is 0 Å². The summed E-state index contributed by atoms with van der Waals surface area (Å²) in [6.45, 7) is 1.77. The molecule has 3 heteroatoms. The zero-order valence-corrected chi connectivity index (χ0v) is 8.92. The minimum absolute atomic E-state index is 0.357. The second-order valence-corrected chi connectivity index (χ2v) is 4.09. The molecule has 0 fully saturated rings. The van der Waals surface area contributed by atoms with Gasteiger partial charge < -0.3 is 5.11 Å². The van der Waals surface area contributed by atoms with Gasteiger partial charge in [0.1, 0.15) is 0 Å². The molecule has 1 N–H and O–H groups in total. The molecule has 80 valence electrons. The molecule has 0 aliphatic heterocycles. The van der Waals surface area contributed by atoms with E-state index in [0.29, 0.717) is 11.3 Å². The van der Waals surface area contributed by atoms with Gasteiger partial charge in [0.15, 0.2) is 0 Å². The van der Waals surface area contributed by atoms with Crippen molar-refractivity contribution in [3.8, 4) is 0 Å². The average Bonchev–Trinajstić information content (AvgIpc) is 2.40. The zero-order chi connectivity index (χ0) is 10.8. The Balaban J connectivity index is 2.47. The van der Waals surface area contributed by atoms with Gasteiger partial charge in [0, 0.05) is 5.69 Å². The number of pyridine rings is 1. The molecule has 1 aromatic heterocycles. The average molecular weight is 205 g/mol. The van der Waals surface area contributed by atoms with Gasteiger partial charge in [0.25, 0.3) is 0 Å². The lowest BCUT2D eigenvalue weighted by molar-refractivity contribution is 0.0695. The summed E-state index contributed by atoms with van der Waals surface area (Å²) in [7, 11) is 0. The fourth-order valence-electron chi connectivity index (χ4n) is 2.13. The highest BCUT2D eigenvalue weighted by atomic mass is 16.4. The highest BCUT2D eigenvalue weighted by Gasteiger charge is 2.15. The molecule has 0 saturated carbocycles. The number of aromatic carboxylic acids is 1. The number of rotatable bonds is 1. The molecule has 0 amide bonds. The highest BCUT2D eigenvalue weighted by molar-refractivity contribution is 5.89. The maximum absolute atomic E-state index is 11.0. The Morgan fingerprint density at radius 3 is 2.80 bits per heavy atom. The Morgan fingerprint density at radius 2 is 2.07 bits per heavy atom. The summed E-state index contributed by atoms with van der Waals surface area (Å²) in [5.41, 5.74) is 3.24. The molecule has 1 aliphatic rings. The van der Waals surface area contributed by atoms with Crippen molar-refractivity contribution in [1.82, 2.24) is 4.98 Å². The molecule has 0 unspecified atom stereocenters. The third kappa shape index (κ3) is 2.01. The molecule has 2 rings (SSSR count). The summed E-state index contributed by atoms with van der Waals surface area (Å²) >= 11 is 0. The number of aryl methyl sites for hydroxylation is 3. The van der Waals surface area contributed by atoms with Crippen LogP contribution >= 0.6 is 0 Å². The Labute approximate surface area is 89.2 Å². The largest absolute Gasteiger partial charge is 0.478 e. The summed E-state index contributed by atoms with van der Waals surface area (Å²) in [5, 5.41) is 9.00. The van der Waals surface area contributed by atoms with E-state index in [4.69, 9.17) is 5.11 Å². The molecule has 1 aliphatic carbocycles. The predicted molar refractivity (Wildman–Crippen MR) is 57.2 cm³/mol. The topological polar surface area (TPSA) is 50.2 Å². The van der Waals surface area contributed by atoms with Gasteiger partial charge in [-0.05, 0) is 44.2 Å². The number of nitrogens with zero attached hydrogens (tertiary/aromatic N) is 1. The van der Waals surface area contributed by atoms with Crippen molar-refractivity contribution < 1.29 is 9.90 Å². The third-order valence-corrected chi connectivity index (χ3v) is 2.97. The Morgan fingerprint density at radius 1 is 1.33 bits per heavy atom. The van der Waals surface area contributed by atoms with E-state index < -0.39 is 5.97 Å². The predicted octanol–water partition coefficient (Wildman–Crippen LogP) is 2.36. The van der Waals surface area contributed by atoms with Gasteiger partial charge in [0.05, 0.1) is 11.3 Å². The van der Waals surface area contributed by atoms with Gasteiger partial charge in [-0.1, -0.05) is 6.42 Å². The highest BCUT2D eigenvalue weighted by Crippen LogP contribution is 2.21. The van der Waals surface area contributed by atoms with Crippen molar-refractivity contribution in [3.63, 3.8) is 0 Å². The van der Waals surface area contributed by atoms with Crippen molar-refractivity contribution in [2.24, 2.45) is 0 Å². The van der Waals surface area contributed by atoms with E-state index in [9.17, 15) is 4.79 Å². The monoisotopic (exact) mass is 205 g/mol. The first-order valence-electron chi connectivity index (χ1n) is 5.41. The van der Waals surface area contributed by atoms with Crippen LogP contribution in [-0.2, 0) is 12.8 Å². The van der Waals surface area contributed by atoms with Gasteiger partial charge in [0.2, 0.25) is 0 Å². The maximum atomic E-state index is 11.0. The normalized spacial score (nSPS) is 15.5. The lowest BCUT2D eigenvalue weighted by Crippen LogP contribution is -2.06. The van der Waals surface area contributed by atoms with Crippen LogP contribution in [0.5, 0.6) is 0 Å². The van der Waals surface area contributed by atoms with E-state index in [1.54, 1.807) is 6.92 Å². The molecule has 1 heterocycles. The third-order valence-electron chi connectivity index (χ3n) is 2.97. The smallest absolute Gasteiger partial charge is 0.337 e. The van der Waals surface area contributed by atoms with E-state index >= 15 is 0 Å². The maximum Gasteiger partial charge on any atom is 0.337 e. The number of fused-ring (bicyclic) bond motifs is 1. The molecule has 15 heavy (non-hydrogen) atoms. The van der Waals surface area contributed by atoms with Crippen LogP contribution in [0, 0.1) is 6.92 Å². The van der Waals surface area contributed by atoms with Gasteiger partial charge in [-0.25, -0.2) is 4.79 Å². The van der Waals surface area contributed by atoms with Crippen molar-refractivity contribution in [3.05, 3.63) is 28.6 Å². The Kier molecular flexibility index (Phi) is 2.71. The SMILES string of the molecule is Cc1nc2c(cc1C(=O)O)CCCCC2. The second kappa shape index (κ2) is 4.01. The van der Waals surface area contributed by atoms with E-state index in [-0.39, 0.29) is 0 Å². The van der Waals surface area contributed by atoms with Crippen molar-refractivity contribution in [2.75, 3.05) is 0 Å². The van der Waals surface area contributed by atoms with Crippen LogP contribution in [0.4, 0.5) is 0 Å². The number of carboxylic acid groups (broad SMARTS) is 1. The number of carboxylic acids is 1. The number of hydrogen-bond acceptors (Lipinski definition) is 2. The van der Waals surface area contributed by atoms with E-state index in [1.807, 2.05) is 6.07 Å². The van der Waals surface area contributed by atoms with Crippen LogP contribution in [0.1, 0.15) is 46.6 Å². The molecular weight excluding hydrogens is 190 g/mol. The van der Waals surface area contributed by atoms with Crippen LogP contribution in [0.15, 0.2) is 6.07 Å². The van der Waals surface area contributed by atoms with Gasteiger partial charge in [-0.2, -0.15) is 0 Å². The number of hydrogen-bond donors (Lipinski definition) is 1. The van der Waals surface area contributed by atoms with Crippen molar-refractivity contribution >= 4 is 5.97 Å². The minimum Gasteiger partial charge on any atom is -0.478 e. The van der Waals surface area contributed by atoms with Crippen LogP contribution < -0.4 is 0 Å². The van der Waals surface area contributed by atoms with Crippen LogP contribution in [0.25, 0.3) is 0 Å². The number of aromatic nitrogens is 1. The fraction of sp³-hybridized carbons (Fsp3) is 0.500. The van der Waals surface area contributed by atoms with E-state index in [0.717, 1.165) is 30.5 Å². The van der Waals surface area contributed by atoms with E-state index in [1.165, 1.54) is 12.8 Å². The minimum atomic E-state index is -0.868. The zero-order valence-electron chi connectivity index (χ0n) is 8.92. The molecule has 0 spiro atoms. The summed E-state index contributed by atoms with van der Waals surface area (Å²) in [6, 6.07) is 1.81. The standard InChI is InChI=1S/C12H15NO2/c1-8-10(12(14)15)7-9-5-3-2-4-6-11(9)13-8/h7H,2-6H2,1H3,(H,14,15). The van der Waals surface area contributed by atoms with Gasteiger partial charge in [-0.3, -0.25) is 4.98 Å². The second-order valence-electron chi connectivity index (χ2n) is 4.09. The first-order chi connectivity index (χ1) is 7.18. The molecule has 0 saturated heterocycles. The van der Waals surface area contributed by atoms with E-state index in [2.05, 4.69) is 4.98 Å². The summed E-state index contributed by atoms with van der Waals surface area (Å²) in [5.74, 6) is -0.868. The molecule has 0 bridgehead atoms. The molecule has 0 aromatic carbocycles. The quantitative estimate of drug-likeness (QED) is 0.716. The summed E-state index contributed by atoms with van der Waals surface area (Å²) in [4.78, 5) is 15.4. The number of carbonyl (C=O) groups is 1. The molecule has 0 atom stereocenters. The Hall–Kier alpha value is -1.38. The fourth-order valence-corrected chi connectivity index (χ4v) is 2.13. The van der Waals surface area contributed by atoms with Crippen LogP contribution in [0.2, 0.25) is 0 Å². The van der Waals surface area contributed by atoms with Crippen molar-refractivity contribution in [1.29, 1.82) is 0 Å². The molecule has 0 radical (unpaired) electrons.